The van der Waals surface area contributed by atoms with Crippen LogP contribution in [0.15, 0.2) is 4.99 Å². The highest BCUT2D eigenvalue weighted by Crippen LogP contribution is 2.44. The molecular weight excluding hydrogens is 262 g/mol. The van der Waals surface area contributed by atoms with Crippen LogP contribution in [0.5, 0.6) is 0 Å². The smallest absolute Gasteiger partial charge is 0.191 e. The van der Waals surface area contributed by atoms with Crippen molar-refractivity contribution in [3.8, 4) is 0 Å². The molecule has 120 valence electrons. The monoisotopic (exact) mass is 293 g/mol. The van der Waals surface area contributed by atoms with E-state index in [-0.39, 0.29) is 5.54 Å². The second kappa shape index (κ2) is 5.76. The van der Waals surface area contributed by atoms with Gasteiger partial charge in [0.2, 0.25) is 0 Å². The van der Waals surface area contributed by atoms with Crippen LogP contribution in [0, 0.1) is 0 Å². The first-order valence-electron chi connectivity index (χ1n) is 8.61. The number of likely N-dealkylation sites (N-methyl/N-ethyl adjacent to an activating group) is 1. The van der Waals surface area contributed by atoms with Gasteiger partial charge in [-0.15, -0.1) is 0 Å². The van der Waals surface area contributed by atoms with Crippen molar-refractivity contribution in [3.05, 3.63) is 0 Å². The third-order valence-corrected chi connectivity index (χ3v) is 6.13. The van der Waals surface area contributed by atoms with E-state index in [2.05, 4.69) is 40.6 Å². The summed E-state index contributed by atoms with van der Waals surface area (Å²) in [6, 6.07) is 1.47. The van der Waals surface area contributed by atoms with Crippen molar-refractivity contribution in [2.24, 2.45) is 10.7 Å². The molecule has 5 heteroatoms. The fourth-order valence-electron chi connectivity index (χ4n) is 4.67. The molecule has 0 aromatic rings. The lowest BCUT2D eigenvalue weighted by molar-refractivity contribution is 0.0460. The molecule has 2 unspecified atom stereocenters. The van der Waals surface area contributed by atoms with Crippen molar-refractivity contribution in [3.63, 3.8) is 0 Å². The zero-order valence-corrected chi connectivity index (χ0v) is 13.9. The maximum absolute atomic E-state index is 6.24. The Balaban J connectivity index is 1.70. The Morgan fingerprint density at radius 2 is 1.86 bits per heavy atom. The SMILES string of the molecule is CCN(CC)CCN1C(N)=NCC12CC1CCC(C2)N1C. The second-order valence-corrected chi connectivity index (χ2v) is 7.04. The van der Waals surface area contributed by atoms with Crippen LogP contribution >= 0.6 is 0 Å². The van der Waals surface area contributed by atoms with Crippen LogP contribution < -0.4 is 5.73 Å². The minimum absolute atomic E-state index is 0.218. The molecule has 0 saturated carbocycles. The topological polar surface area (TPSA) is 48.1 Å². The molecule has 2 bridgehead atoms. The van der Waals surface area contributed by atoms with Gasteiger partial charge in [0.05, 0.1) is 12.1 Å². The Morgan fingerprint density at radius 3 is 2.43 bits per heavy atom. The lowest BCUT2D eigenvalue weighted by atomic mass is 9.82. The highest BCUT2D eigenvalue weighted by Gasteiger charge is 2.52. The predicted molar refractivity (Wildman–Crippen MR) is 87.5 cm³/mol. The highest BCUT2D eigenvalue weighted by molar-refractivity contribution is 5.81. The van der Waals surface area contributed by atoms with Gasteiger partial charge in [0, 0.05) is 25.2 Å². The van der Waals surface area contributed by atoms with Crippen molar-refractivity contribution < 1.29 is 0 Å². The summed E-state index contributed by atoms with van der Waals surface area (Å²) in [7, 11) is 2.30. The Hall–Kier alpha value is -0.810. The first kappa shape index (κ1) is 15.1. The van der Waals surface area contributed by atoms with Crippen LogP contribution in [0.2, 0.25) is 0 Å². The summed E-state index contributed by atoms with van der Waals surface area (Å²) < 4.78 is 0. The molecule has 0 amide bonds. The number of guanidine groups is 1. The molecule has 2 saturated heterocycles. The van der Waals surface area contributed by atoms with Gasteiger partial charge in [-0.3, -0.25) is 4.99 Å². The minimum Gasteiger partial charge on any atom is -0.370 e. The third-order valence-electron chi connectivity index (χ3n) is 6.13. The number of nitrogens with two attached hydrogens (primary N) is 1. The van der Waals surface area contributed by atoms with Gasteiger partial charge in [0.25, 0.3) is 0 Å². The van der Waals surface area contributed by atoms with E-state index in [1.165, 1.54) is 25.7 Å². The van der Waals surface area contributed by atoms with Crippen LogP contribution in [-0.2, 0) is 0 Å². The molecule has 0 radical (unpaired) electrons. The summed E-state index contributed by atoms with van der Waals surface area (Å²) in [6.07, 6.45) is 5.18. The molecule has 2 fully saturated rings. The second-order valence-electron chi connectivity index (χ2n) is 7.04. The van der Waals surface area contributed by atoms with Crippen LogP contribution in [0.25, 0.3) is 0 Å². The van der Waals surface area contributed by atoms with Gasteiger partial charge in [-0.25, -0.2) is 0 Å². The molecule has 3 aliphatic heterocycles. The number of aliphatic imine (C=N–C) groups is 1. The van der Waals surface area contributed by atoms with Gasteiger partial charge >= 0.3 is 0 Å². The van der Waals surface area contributed by atoms with Crippen molar-refractivity contribution in [1.29, 1.82) is 0 Å². The zero-order valence-electron chi connectivity index (χ0n) is 13.9. The Bertz CT molecular complexity index is 389. The minimum atomic E-state index is 0.218. The average Bonchev–Trinajstić information content (AvgIpc) is 2.87. The van der Waals surface area contributed by atoms with Crippen LogP contribution in [0.1, 0.15) is 39.5 Å². The highest BCUT2D eigenvalue weighted by atomic mass is 15.4. The summed E-state index contributed by atoms with van der Waals surface area (Å²) in [5.74, 6) is 0.783. The quantitative estimate of drug-likeness (QED) is 0.820. The summed E-state index contributed by atoms with van der Waals surface area (Å²) in [5, 5.41) is 0. The normalized spacial score (nSPS) is 36.0. The maximum Gasteiger partial charge on any atom is 0.191 e. The summed E-state index contributed by atoms with van der Waals surface area (Å²) in [5.41, 5.74) is 6.46. The molecule has 0 aliphatic carbocycles. The Kier molecular flexibility index (Phi) is 4.14. The van der Waals surface area contributed by atoms with Crippen LogP contribution in [-0.4, -0.2) is 78.1 Å². The number of hydrogen-bond acceptors (Lipinski definition) is 5. The Labute approximate surface area is 129 Å². The fraction of sp³-hybridized carbons (Fsp3) is 0.938. The lowest BCUT2D eigenvalue weighted by Crippen LogP contribution is -2.60. The first-order valence-corrected chi connectivity index (χ1v) is 8.61. The standard InChI is InChI=1S/C16H31N5/c1-4-20(5-2)8-9-21-15(17)18-12-16(21)10-13-6-7-14(11-16)19(13)3/h13-14H,4-12H2,1-3H3,(H2,17,18). The summed E-state index contributed by atoms with van der Waals surface area (Å²) in [6.45, 7) is 9.73. The molecule has 2 atom stereocenters. The third kappa shape index (κ3) is 2.55. The van der Waals surface area contributed by atoms with E-state index in [9.17, 15) is 0 Å². The zero-order chi connectivity index (χ0) is 15.0. The van der Waals surface area contributed by atoms with E-state index in [0.29, 0.717) is 0 Å². The number of nitrogens with zero attached hydrogens (tertiary/aromatic N) is 4. The van der Waals surface area contributed by atoms with Gasteiger partial charge in [0.1, 0.15) is 0 Å². The first-order chi connectivity index (χ1) is 10.1. The average molecular weight is 293 g/mol. The molecule has 0 aromatic carbocycles. The maximum atomic E-state index is 6.24. The molecule has 3 heterocycles. The van der Waals surface area contributed by atoms with E-state index in [0.717, 1.165) is 50.8 Å². The number of piperidine rings is 1. The van der Waals surface area contributed by atoms with Crippen molar-refractivity contribution in [2.75, 3.05) is 39.8 Å². The van der Waals surface area contributed by atoms with E-state index in [4.69, 9.17) is 5.73 Å². The van der Waals surface area contributed by atoms with Gasteiger partial charge in [0.15, 0.2) is 5.96 Å². The van der Waals surface area contributed by atoms with Gasteiger partial charge in [-0.1, -0.05) is 13.8 Å². The molecule has 0 aromatic heterocycles. The molecule has 3 aliphatic rings. The van der Waals surface area contributed by atoms with E-state index < -0.39 is 0 Å². The number of fused-ring (bicyclic) bond motifs is 2. The Morgan fingerprint density at radius 1 is 1.24 bits per heavy atom. The fourth-order valence-corrected chi connectivity index (χ4v) is 4.67. The molecular formula is C16H31N5. The van der Waals surface area contributed by atoms with Crippen molar-refractivity contribution in [1.82, 2.24) is 14.7 Å². The molecule has 2 N–H and O–H groups in total. The van der Waals surface area contributed by atoms with Crippen LogP contribution in [0.3, 0.4) is 0 Å². The van der Waals surface area contributed by atoms with E-state index in [1.54, 1.807) is 0 Å². The van der Waals surface area contributed by atoms with E-state index in [1.807, 2.05) is 0 Å². The number of rotatable bonds is 5. The molecule has 21 heavy (non-hydrogen) atoms. The van der Waals surface area contributed by atoms with Crippen LogP contribution in [0.4, 0.5) is 0 Å². The van der Waals surface area contributed by atoms with Crippen molar-refractivity contribution in [2.45, 2.75) is 57.2 Å². The molecule has 3 rings (SSSR count). The van der Waals surface area contributed by atoms with Gasteiger partial charge in [-0.2, -0.15) is 0 Å². The van der Waals surface area contributed by atoms with Gasteiger partial charge < -0.3 is 20.4 Å². The summed E-state index contributed by atoms with van der Waals surface area (Å²) >= 11 is 0. The molecule has 5 nitrogen and oxygen atoms in total. The van der Waals surface area contributed by atoms with Gasteiger partial charge in [-0.05, 0) is 45.8 Å². The largest absolute Gasteiger partial charge is 0.370 e. The van der Waals surface area contributed by atoms with Crippen molar-refractivity contribution >= 4 is 5.96 Å². The molecule has 1 spiro atoms. The summed E-state index contributed by atoms with van der Waals surface area (Å²) in [4.78, 5) is 12.2. The number of hydrogen-bond donors (Lipinski definition) is 1. The van der Waals surface area contributed by atoms with E-state index >= 15 is 0 Å². The predicted octanol–water partition coefficient (Wildman–Crippen LogP) is 0.954. The lowest BCUT2D eigenvalue weighted by Gasteiger charge is -2.48.